The van der Waals surface area contributed by atoms with E-state index in [0.29, 0.717) is 16.2 Å². The molecule has 5 aromatic rings. The fourth-order valence-corrected chi connectivity index (χ4v) is 5.26. The number of aryl methyl sites for hydroxylation is 1. The minimum absolute atomic E-state index is 0.00770. The Morgan fingerprint density at radius 3 is 2.14 bits per heavy atom. The topological polar surface area (TPSA) is 69.0 Å². The van der Waals surface area contributed by atoms with Crippen LogP contribution in [-0.4, -0.2) is 23.1 Å². The first-order valence-electron chi connectivity index (χ1n) is 12.9. The molecule has 0 unspecified atom stereocenters. The smallest absolute Gasteiger partial charge is 0.199 e. The molecule has 0 aliphatic rings. The van der Waals surface area contributed by atoms with Gasteiger partial charge in [-0.25, -0.2) is 0 Å². The van der Waals surface area contributed by atoms with Gasteiger partial charge in [-0.05, 0) is 49.1 Å². The first kappa shape index (κ1) is 23.2. The summed E-state index contributed by atoms with van der Waals surface area (Å²) in [4.78, 5) is 37.3. The van der Waals surface area contributed by atoms with Crippen LogP contribution in [0.3, 0.4) is 0 Å². The number of H-pyrrole nitrogens is 2. The Hall–Kier alpha value is -3.60. The molecule has 35 heavy (non-hydrogen) atoms. The summed E-state index contributed by atoms with van der Waals surface area (Å²) in [5.41, 5.74) is 5.01. The van der Waals surface area contributed by atoms with Crippen molar-refractivity contribution in [1.82, 2.24) is 9.97 Å². The summed E-state index contributed by atoms with van der Waals surface area (Å²) in [5.74, 6) is 0. The normalized spacial score (nSPS) is 11.7. The molecule has 3 aromatic carbocycles. The summed E-state index contributed by atoms with van der Waals surface area (Å²) >= 11 is 0. The van der Waals surface area contributed by atoms with E-state index >= 15 is 0 Å². The van der Waals surface area contributed by atoms with Crippen molar-refractivity contribution in [2.75, 3.05) is 18.0 Å². The van der Waals surface area contributed by atoms with Crippen molar-refractivity contribution in [3.8, 4) is 0 Å². The molecular formula is C30H33N3O2. The highest BCUT2D eigenvalue weighted by atomic mass is 16.1. The monoisotopic (exact) mass is 467 g/mol. The van der Waals surface area contributed by atoms with Crippen LogP contribution in [0.15, 0.2) is 58.1 Å². The molecule has 2 aromatic heterocycles. The van der Waals surface area contributed by atoms with E-state index in [2.05, 4.69) is 35.6 Å². The first-order valence-corrected chi connectivity index (χ1v) is 12.9. The fraction of sp³-hybridized carbons (Fsp3) is 0.333. The summed E-state index contributed by atoms with van der Waals surface area (Å²) in [6, 6.07) is 15.5. The molecule has 0 atom stereocenters. The number of nitrogens with one attached hydrogen (secondary N) is 2. The second-order valence-corrected chi connectivity index (χ2v) is 9.41. The molecule has 5 heteroatoms. The van der Waals surface area contributed by atoms with Crippen LogP contribution in [0.25, 0.3) is 43.6 Å². The third-order valence-corrected chi connectivity index (χ3v) is 7.11. The minimum Gasteiger partial charge on any atom is -0.369 e. The van der Waals surface area contributed by atoms with Gasteiger partial charge >= 0.3 is 0 Å². The zero-order valence-corrected chi connectivity index (χ0v) is 20.8. The number of para-hydroxylation sites is 1. The highest BCUT2D eigenvalue weighted by Gasteiger charge is 2.22. The molecule has 2 N–H and O–H groups in total. The number of benzene rings is 3. The number of unbranched alkanes of at least 4 members (excludes halogenated alkanes) is 2. The highest BCUT2D eigenvalue weighted by molar-refractivity contribution is 6.13. The second-order valence-electron chi connectivity index (χ2n) is 9.41. The maximum atomic E-state index is 14.2. The number of fused-ring (bicyclic) bond motifs is 4. The van der Waals surface area contributed by atoms with E-state index in [-0.39, 0.29) is 10.9 Å². The average molecular weight is 468 g/mol. The van der Waals surface area contributed by atoms with Gasteiger partial charge in [-0.1, -0.05) is 57.9 Å². The Morgan fingerprint density at radius 2 is 1.43 bits per heavy atom. The minimum atomic E-state index is -0.00770. The van der Waals surface area contributed by atoms with Gasteiger partial charge in [0.2, 0.25) is 0 Å². The molecule has 180 valence electrons. The van der Waals surface area contributed by atoms with Gasteiger partial charge in [0, 0.05) is 29.4 Å². The molecule has 2 heterocycles. The van der Waals surface area contributed by atoms with Crippen molar-refractivity contribution in [3.63, 3.8) is 0 Å². The summed E-state index contributed by atoms with van der Waals surface area (Å²) in [6.07, 6.45) is 4.94. The summed E-state index contributed by atoms with van der Waals surface area (Å²) < 4.78 is 0. The van der Waals surface area contributed by atoms with Crippen molar-refractivity contribution < 1.29 is 0 Å². The van der Waals surface area contributed by atoms with E-state index in [1.54, 1.807) is 0 Å². The third-order valence-electron chi connectivity index (χ3n) is 7.11. The van der Waals surface area contributed by atoms with Crippen molar-refractivity contribution in [1.29, 1.82) is 0 Å². The number of rotatable bonds is 8. The lowest BCUT2D eigenvalue weighted by molar-refractivity contribution is 0.680. The third kappa shape index (κ3) is 3.89. The lowest BCUT2D eigenvalue weighted by Gasteiger charge is -2.27. The summed E-state index contributed by atoms with van der Waals surface area (Å²) in [6.45, 7) is 8.13. The van der Waals surface area contributed by atoms with Crippen LogP contribution in [0.4, 0.5) is 5.69 Å². The molecule has 0 saturated carbocycles. The van der Waals surface area contributed by atoms with Crippen LogP contribution < -0.4 is 15.8 Å². The largest absolute Gasteiger partial charge is 0.369 e. The molecule has 0 amide bonds. The van der Waals surface area contributed by atoms with Crippen molar-refractivity contribution in [2.24, 2.45) is 0 Å². The molecular weight excluding hydrogens is 434 g/mol. The van der Waals surface area contributed by atoms with E-state index in [9.17, 15) is 9.59 Å². The van der Waals surface area contributed by atoms with Crippen molar-refractivity contribution in [3.05, 3.63) is 74.5 Å². The molecule has 0 spiro atoms. The van der Waals surface area contributed by atoms with Crippen LogP contribution in [-0.2, 0) is 6.42 Å². The zero-order valence-electron chi connectivity index (χ0n) is 20.8. The number of aromatic amines is 2. The van der Waals surface area contributed by atoms with Crippen LogP contribution in [0.5, 0.6) is 0 Å². The number of hydrogen-bond donors (Lipinski definition) is 2. The predicted molar refractivity (Wildman–Crippen MR) is 149 cm³/mol. The van der Waals surface area contributed by atoms with Crippen LogP contribution in [0.2, 0.25) is 0 Å². The van der Waals surface area contributed by atoms with Crippen LogP contribution in [0, 0.1) is 0 Å². The summed E-state index contributed by atoms with van der Waals surface area (Å²) in [7, 11) is 0. The molecule has 5 nitrogen and oxygen atoms in total. The van der Waals surface area contributed by atoms with Gasteiger partial charge < -0.3 is 14.9 Å². The standard InChI is InChI=1S/C30H33N3O2/c1-4-7-16-33(17-8-5-2)28-26-24(31-23-15-11-12-19(6-3)25(23)30(26)35)18-21-27(28)32-22-14-10-9-13-20(22)29(21)34/h9-15,18H,4-8,16-17H2,1-3H3,(H,31,35)(H,32,34). The molecule has 0 aliphatic heterocycles. The first-order chi connectivity index (χ1) is 17.1. The van der Waals surface area contributed by atoms with Crippen LogP contribution in [0.1, 0.15) is 52.0 Å². The van der Waals surface area contributed by atoms with Gasteiger partial charge in [-0.3, -0.25) is 9.59 Å². The van der Waals surface area contributed by atoms with Gasteiger partial charge in [0.25, 0.3) is 0 Å². The Kier molecular flexibility index (Phi) is 6.33. The Labute approximate surface area is 204 Å². The van der Waals surface area contributed by atoms with Gasteiger partial charge in [0.15, 0.2) is 10.9 Å². The van der Waals surface area contributed by atoms with E-state index in [1.165, 1.54) is 0 Å². The lowest BCUT2D eigenvalue weighted by atomic mass is 9.99. The molecule has 0 bridgehead atoms. The van der Waals surface area contributed by atoms with E-state index in [1.807, 2.05) is 48.5 Å². The highest BCUT2D eigenvalue weighted by Crippen LogP contribution is 2.34. The number of pyridine rings is 2. The summed E-state index contributed by atoms with van der Waals surface area (Å²) in [5, 5.41) is 2.70. The SMILES string of the molecule is CCCCN(CCCC)c1c2[nH]c3ccccc3c(=O)c2cc2[nH]c3cccc(CC)c3c(=O)c12. The van der Waals surface area contributed by atoms with Gasteiger partial charge in [-0.15, -0.1) is 0 Å². The molecule has 0 saturated heterocycles. The fourth-order valence-electron chi connectivity index (χ4n) is 5.26. The second kappa shape index (κ2) is 9.57. The molecule has 5 rings (SSSR count). The predicted octanol–water partition coefficient (Wildman–Crippen LogP) is 6.65. The lowest BCUT2D eigenvalue weighted by Crippen LogP contribution is -2.28. The maximum absolute atomic E-state index is 14.2. The zero-order chi connectivity index (χ0) is 24.5. The van der Waals surface area contributed by atoms with Gasteiger partial charge in [0.05, 0.1) is 33.0 Å². The molecule has 0 radical (unpaired) electrons. The number of anilines is 1. The van der Waals surface area contributed by atoms with E-state index in [4.69, 9.17) is 0 Å². The Morgan fingerprint density at radius 1 is 0.714 bits per heavy atom. The number of nitrogens with zero attached hydrogens (tertiary/aromatic N) is 1. The average Bonchev–Trinajstić information content (AvgIpc) is 2.88. The van der Waals surface area contributed by atoms with Crippen LogP contribution >= 0.6 is 0 Å². The van der Waals surface area contributed by atoms with Gasteiger partial charge in [0.1, 0.15) is 0 Å². The molecule has 0 aliphatic carbocycles. The molecule has 0 fully saturated rings. The number of hydrogen-bond acceptors (Lipinski definition) is 3. The van der Waals surface area contributed by atoms with E-state index < -0.39 is 0 Å². The Balaban J connectivity index is 2.00. The van der Waals surface area contributed by atoms with E-state index in [0.717, 1.165) is 83.9 Å². The quantitative estimate of drug-likeness (QED) is 0.251. The number of aromatic nitrogens is 2. The van der Waals surface area contributed by atoms with Gasteiger partial charge in [-0.2, -0.15) is 0 Å². The van der Waals surface area contributed by atoms with Crippen molar-refractivity contribution >= 4 is 49.3 Å². The van der Waals surface area contributed by atoms with Crippen molar-refractivity contribution in [2.45, 2.75) is 52.9 Å². The maximum Gasteiger partial charge on any atom is 0.199 e. The Bertz CT molecular complexity index is 1650.